The minimum absolute atomic E-state index is 0.169. The second kappa shape index (κ2) is 7.22. The molecule has 3 nitrogen and oxygen atoms in total. The number of furan rings is 1. The van der Waals surface area contributed by atoms with E-state index in [1.54, 1.807) is 6.26 Å². The Bertz CT molecular complexity index is 353. The molecule has 2 N–H and O–H groups in total. The van der Waals surface area contributed by atoms with E-state index in [4.69, 9.17) is 4.42 Å². The molecule has 1 heterocycles. The Morgan fingerprint density at radius 3 is 2.78 bits per heavy atom. The van der Waals surface area contributed by atoms with E-state index in [-0.39, 0.29) is 12.1 Å². The summed E-state index contributed by atoms with van der Waals surface area (Å²) in [7, 11) is 0. The maximum absolute atomic E-state index is 9.55. The Morgan fingerprint density at radius 1 is 1.56 bits per heavy atom. The minimum Gasteiger partial charge on any atom is -0.468 e. The molecule has 2 atom stereocenters. The molecule has 0 amide bonds. The van der Waals surface area contributed by atoms with E-state index < -0.39 is 0 Å². The lowest BCUT2D eigenvalue weighted by Gasteiger charge is -2.31. The molecule has 1 aromatic heterocycles. The van der Waals surface area contributed by atoms with Gasteiger partial charge in [0.05, 0.1) is 12.9 Å². The molecule has 0 bridgehead atoms. The van der Waals surface area contributed by atoms with Crippen LogP contribution in [0.3, 0.4) is 0 Å². The van der Waals surface area contributed by atoms with Crippen LogP contribution in [0.25, 0.3) is 0 Å². The van der Waals surface area contributed by atoms with E-state index in [0.717, 1.165) is 25.1 Å². The highest BCUT2D eigenvalue weighted by Gasteiger charge is 2.25. The van der Waals surface area contributed by atoms with E-state index in [9.17, 15) is 5.11 Å². The van der Waals surface area contributed by atoms with Gasteiger partial charge in [-0.2, -0.15) is 0 Å². The van der Waals surface area contributed by atoms with Gasteiger partial charge in [0.1, 0.15) is 5.76 Å². The lowest BCUT2D eigenvalue weighted by atomic mass is 9.97. The summed E-state index contributed by atoms with van der Waals surface area (Å²) < 4.78 is 5.30. The third-order valence-electron chi connectivity index (χ3n) is 3.03. The van der Waals surface area contributed by atoms with Gasteiger partial charge in [0.25, 0.3) is 0 Å². The number of rotatable bonds is 8. The fourth-order valence-corrected chi connectivity index (χ4v) is 3.24. The lowest BCUT2D eigenvalue weighted by molar-refractivity contribution is 0.166. The van der Waals surface area contributed by atoms with E-state index in [1.165, 1.54) is 4.90 Å². The minimum atomic E-state index is -0.194. The van der Waals surface area contributed by atoms with Gasteiger partial charge in [-0.1, -0.05) is 13.8 Å². The van der Waals surface area contributed by atoms with Crippen LogP contribution in [-0.2, 0) is 0 Å². The summed E-state index contributed by atoms with van der Waals surface area (Å²) in [6.45, 7) is 9.51. The second-order valence-corrected chi connectivity index (χ2v) is 6.60. The van der Waals surface area contributed by atoms with Crippen molar-refractivity contribution < 1.29 is 9.52 Å². The first-order valence-corrected chi connectivity index (χ1v) is 7.45. The number of aryl methyl sites for hydroxylation is 1. The molecule has 0 aliphatic rings. The van der Waals surface area contributed by atoms with Gasteiger partial charge in [0.2, 0.25) is 0 Å². The molecule has 0 aromatic carbocycles. The van der Waals surface area contributed by atoms with Crippen LogP contribution in [0.2, 0.25) is 0 Å². The highest BCUT2D eigenvalue weighted by Crippen LogP contribution is 2.31. The van der Waals surface area contributed by atoms with Crippen LogP contribution < -0.4 is 5.32 Å². The quantitative estimate of drug-likeness (QED) is 0.713. The Labute approximate surface area is 114 Å². The zero-order valence-electron chi connectivity index (χ0n) is 11.8. The fourth-order valence-electron chi connectivity index (χ4n) is 2.01. The van der Waals surface area contributed by atoms with Crippen molar-refractivity contribution in [3.05, 3.63) is 18.1 Å². The molecule has 1 rings (SSSR count). The van der Waals surface area contributed by atoms with Gasteiger partial charge in [-0.3, -0.25) is 0 Å². The predicted molar refractivity (Wildman–Crippen MR) is 77.2 cm³/mol. The molecular weight excluding hydrogens is 246 g/mol. The van der Waals surface area contributed by atoms with Gasteiger partial charge in [0, 0.05) is 15.7 Å². The summed E-state index contributed by atoms with van der Waals surface area (Å²) in [5.41, 5.74) is -0.194. The molecule has 4 heteroatoms. The number of nitrogens with one attached hydrogen (secondary N) is 1. The molecule has 0 spiro atoms. The molecule has 104 valence electrons. The van der Waals surface area contributed by atoms with Gasteiger partial charge in [-0.05, 0) is 39.3 Å². The first kappa shape index (κ1) is 15.6. The molecule has 1 aromatic rings. The largest absolute Gasteiger partial charge is 0.468 e. The van der Waals surface area contributed by atoms with Crippen molar-refractivity contribution >= 4 is 11.8 Å². The van der Waals surface area contributed by atoms with Gasteiger partial charge >= 0.3 is 0 Å². The smallest absolute Gasteiger partial charge is 0.114 e. The molecule has 0 aliphatic carbocycles. The van der Waals surface area contributed by atoms with Crippen molar-refractivity contribution in [3.8, 4) is 0 Å². The lowest BCUT2D eigenvalue weighted by Crippen LogP contribution is -2.47. The van der Waals surface area contributed by atoms with E-state index >= 15 is 0 Å². The normalized spacial score (nSPS) is 16.5. The van der Waals surface area contributed by atoms with Gasteiger partial charge in [-0.25, -0.2) is 0 Å². The first-order valence-electron chi connectivity index (χ1n) is 6.57. The van der Waals surface area contributed by atoms with E-state index in [0.29, 0.717) is 5.25 Å². The zero-order valence-corrected chi connectivity index (χ0v) is 12.6. The second-order valence-electron chi connectivity index (χ2n) is 5.12. The Hall–Kier alpha value is -0.450. The monoisotopic (exact) mass is 271 g/mol. The van der Waals surface area contributed by atoms with Crippen LogP contribution in [-0.4, -0.2) is 29.0 Å². The van der Waals surface area contributed by atoms with Crippen molar-refractivity contribution in [1.29, 1.82) is 0 Å². The molecule has 0 saturated heterocycles. The maximum atomic E-state index is 9.55. The van der Waals surface area contributed by atoms with Crippen molar-refractivity contribution in [2.75, 3.05) is 13.2 Å². The van der Waals surface area contributed by atoms with Gasteiger partial charge in [0.15, 0.2) is 0 Å². The summed E-state index contributed by atoms with van der Waals surface area (Å²) in [5.74, 6) is 0.971. The predicted octanol–water partition coefficient (Wildman–Crippen LogP) is 3.21. The molecular formula is C14H25NO2S. The first-order chi connectivity index (χ1) is 8.50. The third kappa shape index (κ3) is 4.67. The third-order valence-corrected chi connectivity index (χ3v) is 4.27. The Balaban J connectivity index is 2.51. The summed E-state index contributed by atoms with van der Waals surface area (Å²) in [5, 5.41) is 13.4. The number of hydrogen-bond donors (Lipinski definition) is 2. The summed E-state index contributed by atoms with van der Waals surface area (Å²) in [6, 6.07) is 2.01. The maximum Gasteiger partial charge on any atom is 0.114 e. The molecule has 18 heavy (non-hydrogen) atoms. The van der Waals surface area contributed by atoms with Crippen molar-refractivity contribution in [2.45, 2.75) is 56.2 Å². The Kier molecular flexibility index (Phi) is 6.26. The Morgan fingerprint density at radius 2 is 2.28 bits per heavy atom. The van der Waals surface area contributed by atoms with Crippen LogP contribution >= 0.6 is 11.8 Å². The van der Waals surface area contributed by atoms with Crippen LogP contribution in [0, 0.1) is 6.92 Å². The number of aliphatic hydroxyl groups excluding tert-OH is 1. The van der Waals surface area contributed by atoms with Crippen LogP contribution in [0.5, 0.6) is 0 Å². The van der Waals surface area contributed by atoms with Crippen molar-refractivity contribution in [3.63, 3.8) is 0 Å². The molecule has 0 saturated carbocycles. The highest BCUT2D eigenvalue weighted by molar-refractivity contribution is 8.00. The number of hydrogen-bond acceptors (Lipinski definition) is 4. The summed E-state index contributed by atoms with van der Waals surface area (Å²) >= 11 is 1.81. The molecule has 0 radical (unpaired) electrons. The number of aliphatic hydroxyl groups is 1. The fraction of sp³-hybridized carbons (Fsp3) is 0.714. The van der Waals surface area contributed by atoms with Gasteiger partial charge in [-0.15, -0.1) is 11.8 Å². The topological polar surface area (TPSA) is 45.4 Å². The molecule has 0 fully saturated rings. The van der Waals surface area contributed by atoms with E-state index in [2.05, 4.69) is 26.1 Å². The van der Waals surface area contributed by atoms with Crippen molar-refractivity contribution in [1.82, 2.24) is 5.32 Å². The zero-order chi connectivity index (χ0) is 13.6. The summed E-state index contributed by atoms with van der Waals surface area (Å²) in [4.78, 5) is 1.19. The van der Waals surface area contributed by atoms with Crippen LogP contribution in [0.4, 0.5) is 0 Å². The average Bonchev–Trinajstić information content (AvgIpc) is 2.72. The SMILES string of the molecule is CCCNC(C)(CO)CC(C)Sc1ccoc1C. The molecule has 0 aliphatic heterocycles. The van der Waals surface area contributed by atoms with Crippen LogP contribution in [0.1, 0.15) is 39.4 Å². The average molecular weight is 271 g/mol. The van der Waals surface area contributed by atoms with E-state index in [1.807, 2.05) is 24.8 Å². The highest BCUT2D eigenvalue weighted by atomic mass is 32.2. The number of thioether (sulfide) groups is 1. The summed E-state index contributed by atoms with van der Waals surface area (Å²) in [6.07, 6.45) is 3.74. The van der Waals surface area contributed by atoms with Gasteiger partial charge < -0.3 is 14.8 Å². The van der Waals surface area contributed by atoms with Crippen LogP contribution in [0.15, 0.2) is 21.6 Å². The molecule has 2 unspecified atom stereocenters. The van der Waals surface area contributed by atoms with Crippen molar-refractivity contribution in [2.24, 2.45) is 0 Å². The standard InChI is InChI=1S/C14H25NO2S/c1-5-7-15-14(4,10-16)9-11(2)18-13-6-8-17-12(13)3/h6,8,11,15-16H,5,7,9-10H2,1-4H3.